The molecule has 1 heterocycles. The third-order valence-corrected chi connectivity index (χ3v) is 2.83. The molecule has 0 radical (unpaired) electrons. The molecule has 3 nitrogen and oxygen atoms in total. The van der Waals surface area contributed by atoms with Crippen LogP contribution in [0.15, 0.2) is 42.6 Å². The molecule has 0 aliphatic heterocycles. The molecule has 1 aromatic heterocycles. The van der Waals surface area contributed by atoms with Gasteiger partial charge in [-0.25, -0.2) is 0 Å². The van der Waals surface area contributed by atoms with E-state index < -0.39 is 0 Å². The van der Waals surface area contributed by atoms with Crippen LogP contribution < -0.4 is 5.73 Å². The third-order valence-electron chi connectivity index (χ3n) is 2.59. The molecule has 0 amide bonds. The first-order valence-corrected chi connectivity index (χ1v) is 6.12. The minimum absolute atomic E-state index is 0.427. The van der Waals surface area contributed by atoms with Crippen molar-refractivity contribution in [2.75, 3.05) is 0 Å². The van der Waals surface area contributed by atoms with Crippen molar-refractivity contribution in [2.45, 2.75) is 19.8 Å². The number of nitrogens with zero attached hydrogens (tertiary/aromatic N) is 1. The maximum absolute atomic E-state index is 5.91. The molecule has 2 rings (SSSR count). The number of nitrogens with two attached hydrogens (primary N) is 1. The molecular weight excluding hydrogens is 248 g/mol. The number of benzene rings is 1. The summed E-state index contributed by atoms with van der Waals surface area (Å²) in [4.78, 5) is 4.21. The van der Waals surface area contributed by atoms with Crippen LogP contribution in [0.2, 0.25) is 5.02 Å². The molecule has 0 fully saturated rings. The number of hydrogen-bond donors (Lipinski definition) is 1. The maximum atomic E-state index is 5.91. The van der Waals surface area contributed by atoms with Crippen molar-refractivity contribution in [1.82, 2.24) is 4.98 Å². The molecule has 2 N–H and O–H groups in total. The smallest absolute Gasteiger partial charge is 0.0739 e. The fourth-order valence-electron chi connectivity index (χ4n) is 1.69. The van der Waals surface area contributed by atoms with E-state index in [1.165, 1.54) is 0 Å². The summed E-state index contributed by atoms with van der Waals surface area (Å²) in [5.74, 6) is 0. The average molecular weight is 263 g/mol. The fraction of sp³-hybridized carbons (Fsp3) is 0.214. The van der Waals surface area contributed by atoms with E-state index in [0.717, 1.165) is 21.8 Å². The highest BCUT2D eigenvalue weighted by molar-refractivity contribution is 6.30. The van der Waals surface area contributed by atoms with Gasteiger partial charge >= 0.3 is 0 Å². The van der Waals surface area contributed by atoms with Crippen molar-refractivity contribution in [1.29, 1.82) is 0 Å². The van der Waals surface area contributed by atoms with Crippen molar-refractivity contribution in [3.63, 3.8) is 0 Å². The Hall–Kier alpha value is -1.42. The first kappa shape index (κ1) is 13.0. The van der Waals surface area contributed by atoms with Gasteiger partial charge in [0, 0.05) is 23.3 Å². The van der Waals surface area contributed by atoms with Crippen LogP contribution in [0, 0.1) is 0 Å². The second kappa shape index (κ2) is 6.50. The predicted molar refractivity (Wildman–Crippen MR) is 72.1 cm³/mol. The van der Waals surface area contributed by atoms with E-state index in [1.54, 1.807) is 6.20 Å². The summed E-state index contributed by atoms with van der Waals surface area (Å²) in [5.41, 5.74) is 8.58. The lowest BCUT2D eigenvalue weighted by Gasteiger charge is -2.08. The first-order chi connectivity index (χ1) is 8.79. The molecule has 18 heavy (non-hydrogen) atoms. The van der Waals surface area contributed by atoms with Crippen LogP contribution in [-0.4, -0.2) is 4.98 Å². The van der Waals surface area contributed by atoms with Crippen LogP contribution in [0.4, 0.5) is 0 Å². The van der Waals surface area contributed by atoms with E-state index >= 15 is 0 Å². The number of pyridine rings is 1. The molecular formula is C14H15ClN2O. The minimum Gasteiger partial charge on any atom is -0.372 e. The lowest BCUT2D eigenvalue weighted by atomic mass is 10.2. The average Bonchev–Trinajstić information content (AvgIpc) is 2.39. The zero-order valence-corrected chi connectivity index (χ0v) is 10.7. The highest BCUT2D eigenvalue weighted by Gasteiger charge is 2.02. The maximum Gasteiger partial charge on any atom is 0.0739 e. The molecule has 0 atom stereocenters. The summed E-state index contributed by atoms with van der Waals surface area (Å²) in [6, 6.07) is 11.5. The van der Waals surface area contributed by atoms with Crippen molar-refractivity contribution in [2.24, 2.45) is 5.73 Å². The second-order valence-corrected chi connectivity index (χ2v) is 4.37. The number of aromatic nitrogens is 1. The Labute approximate surface area is 112 Å². The Bertz CT molecular complexity index is 517. The molecule has 0 saturated carbocycles. The molecule has 0 spiro atoms. The topological polar surface area (TPSA) is 48.1 Å². The molecule has 0 unspecified atom stereocenters. The van der Waals surface area contributed by atoms with Gasteiger partial charge in [0.05, 0.1) is 18.9 Å². The normalized spacial score (nSPS) is 10.6. The Balaban J connectivity index is 1.92. The van der Waals surface area contributed by atoms with Crippen molar-refractivity contribution < 1.29 is 4.74 Å². The van der Waals surface area contributed by atoms with E-state index in [1.807, 2.05) is 36.4 Å². The third kappa shape index (κ3) is 3.53. The molecule has 2 aromatic rings. The van der Waals surface area contributed by atoms with Gasteiger partial charge in [0.25, 0.3) is 0 Å². The summed E-state index contributed by atoms with van der Waals surface area (Å²) in [5, 5.41) is 0.722. The number of hydrogen-bond acceptors (Lipinski definition) is 3. The van der Waals surface area contributed by atoms with Gasteiger partial charge in [-0.3, -0.25) is 4.98 Å². The van der Waals surface area contributed by atoms with Gasteiger partial charge in [0.15, 0.2) is 0 Å². The molecule has 0 bridgehead atoms. The van der Waals surface area contributed by atoms with Gasteiger partial charge in [0.2, 0.25) is 0 Å². The van der Waals surface area contributed by atoms with Gasteiger partial charge in [-0.2, -0.15) is 0 Å². The Kier molecular flexibility index (Phi) is 4.70. The lowest BCUT2D eigenvalue weighted by molar-refractivity contribution is 0.106. The van der Waals surface area contributed by atoms with Crippen molar-refractivity contribution in [3.8, 4) is 0 Å². The molecule has 4 heteroatoms. The molecule has 0 aliphatic rings. The summed E-state index contributed by atoms with van der Waals surface area (Å²) in [7, 11) is 0. The second-order valence-electron chi connectivity index (χ2n) is 3.94. The van der Waals surface area contributed by atoms with Gasteiger partial charge < -0.3 is 10.5 Å². The Morgan fingerprint density at radius 3 is 2.83 bits per heavy atom. The summed E-state index contributed by atoms with van der Waals surface area (Å²) in [6.07, 6.45) is 1.74. The molecule has 1 aromatic carbocycles. The van der Waals surface area contributed by atoms with Crippen LogP contribution in [-0.2, 0) is 24.5 Å². The molecule has 0 saturated heterocycles. The van der Waals surface area contributed by atoms with Crippen molar-refractivity contribution >= 4 is 11.6 Å². The van der Waals surface area contributed by atoms with Crippen LogP contribution in [0.1, 0.15) is 16.8 Å². The van der Waals surface area contributed by atoms with Crippen LogP contribution in [0.3, 0.4) is 0 Å². The van der Waals surface area contributed by atoms with E-state index in [0.29, 0.717) is 19.8 Å². The van der Waals surface area contributed by atoms with E-state index in [9.17, 15) is 0 Å². The van der Waals surface area contributed by atoms with Gasteiger partial charge in [0.1, 0.15) is 0 Å². The summed E-state index contributed by atoms with van der Waals surface area (Å²) in [6.45, 7) is 1.46. The van der Waals surface area contributed by atoms with E-state index in [2.05, 4.69) is 4.98 Å². The quantitative estimate of drug-likeness (QED) is 0.901. The zero-order valence-electron chi connectivity index (χ0n) is 9.97. The van der Waals surface area contributed by atoms with Gasteiger partial charge in [-0.05, 0) is 23.8 Å². The summed E-state index contributed by atoms with van der Waals surface area (Å²) < 4.78 is 5.65. The number of rotatable bonds is 5. The Morgan fingerprint density at radius 1 is 1.17 bits per heavy atom. The predicted octanol–water partition coefficient (Wildman–Crippen LogP) is 2.91. The van der Waals surface area contributed by atoms with Crippen LogP contribution >= 0.6 is 11.6 Å². The van der Waals surface area contributed by atoms with Gasteiger partial charge in [-0.1, -0.05) is 29.8 Å². The van der Waals surface area contributed by atoms with E-state index in [-0.39, 0.29) is 0 Å². The zero-order chi connectivity index (χ0) is 12.8. The largest absolute Gasteiger partial charge is 0.372 e. The fourth-order valence-corrected chi connectivity index (χ4v) is 1.90. The SMILES string of the molecule is NCc1ncccc1COCc1cccc(Cl)c1. The Morgan fingerprint density at radius 2 is 2.06 bits per heavy atom. The highest BCUT2D eigenvalue weighted by atomic mass is 35.5. The van der Waals surface area contributed by atoms with E-state index in [4.69, 9.17) is 22.1 Å². The summed E-state index contributed by atoms with van der Waals surface area (Å²) >= 11 is 5.91. The number of halogens is 1. The lowest BCUT2D eigenvalue weighted by Crippen LogP contribution is -2.05. The minimum atomic E-state index is 0.427. The standard InChI is InChI=1S/C14H15ClN2O/c15-13-5-1-3-11(7-13)9-18-10-12-4-2-6-17-14(12)8-16/h1-7H,8-10,16H2. The molecule has 94 valence electrons. The first-order valence-electron chi connectivity index (χ1n) is 5.74. The molecule has 0 aliphatic carbocycles. The van der Waals surface area contributed by atoms with Gasteiger partial charge in [-0.15, -0.1) is 0 Å². The number of ether oxygens (including phenoxy) is 1. The van der Waals surface area contributed by atoms with Crippen LogP contribution in [0.25, 0.3) is 0 Å². The monoisotopic (exact) mass is 262 g/mol. The highest BCUT2D eigenvalue weighted by Crippen LogP contribution is 2.13. The van der Waals surface area contributed by atoms with Crippen LogP contribution in [0.5, 0.6) is 0 Å². The van der Waals surface area contributed by atoms with Crippen molar-refractivity contribution in [3.05, 3.63) is 64.4 Å².